The smallest absolute Gasteiger partial charge is 0.307 e. The number of halogens is 6. The zero-order chi connectivity index (χ0) is 13.1. The molecule has 0 atom stereocenters. The molecule has 1 aliphatic carbocycles. The monoisotopic (exact) mass is 264 g/mol. The van der Waals surface area contributed by atoms with Crippen LogP contribution in [-0.4, -0.2) is 49.5 Å². The molecular weight excluding hydrogens is 250 g/mol. The van der Waals surface area contributed by atoms with E-state index in [1.807, 2.05) is 0 Å². The lowest BCUT2D eigenvalue weighted by atomic mass is 10.4. The van der Waals surface area contributed by atoms with Crippen molar-refractivity contribution in [3.63, 3.8) is 0 Å². The van der Waals surface area contributed by atoms with Gasteiger partial charge < -0.3 is 5.32 Å². The molecule has 1 fully saturated rings. The summed E-state index contributed by atoms with van der Waals surface area (Å²) >= 11 is 0. The van der Waals surface area contributed by atoms with Crippen molar-refractivity contribution >= 4 is 0 Å². The van der Waals surface area contributed by atoms with E-state index in [1.54, 1.807) is 0 Å². The lowest BCUT2D eigenvalue weighted by Gasteiger charge is -2.23. The largest absolute Gasteiger partial charge is 0.401 e. The van der Waals surface area contributed by atoms with E-state index in [9.17, 15) is 26.3 Å². The molecule has 0 radical (unpaired) electrons. The van der Waals surface area contributed by atoms with Crippen LogP contribution in [0.3, 0.4) is 0 Å². The van der Waals surface area contributed by atoms with Crippen LogP contribution in [0.5, 0.6) is 0 Å². The van der Waals surface area contributed by atoms with Crippen LogP contribution >= 0.6 is 0 Å². The van der Waals surface area contributed by atoms with E-state index in [0.29, 0.717) is 12.8 Å². The molecule has 0 aromatic carbocycles. The first-order valence-corrected chi connectivity index (χ1v) is 5.26. The molecule has 1 aliphatic rings. The van der Waals surface area contributed by atoms with Crippen LogP contribution in [-0.2, 0) is 0 Å². The molecule has 0 unspecified atom stereocenters. The van der Waals surface area contributed by atoms with Crippen molar-refractivity contribution in [3.8, 4) is 0 Å². The van der Waals surface area contributed by atoms with E-state index < -0.39 is 25.4 Å². The Balaban J connectivity index is 2.21. The van der Waals surface area contributed by atoms with Gasteiger partial charge in [-0.1, -0.05) is 0 Å². The highest BCUT2D eigenvalue weighted by Gasteiger charge is 2.37. The number of rotatable bonds is 6. The van der Waals surface area contributed by atoms with Gasteiger partial charge in [0.15, 0.2) is 0 Å². The first kappa shape index (κ1) is 14.6. The Hall–Kier alpha value is -0.500. The Morgan fingerprint density at radius 3 is 2.00 bits per heavy atom. The summed E-state index contributed by atoms with van der Waals surface area (Å²) in [6.45, 7) is -2.32. The highest BCUT2D eigenvalue weighted by Crippen LogP contribution is 2.29. The maximum Gasteiger partial charge on any atom is 0.401 e. The first-order valence-electron chi connectivity index (χ1n) is 5.26. The average molecular weight is 264 g/mol. The molecule has 8 heteroatoms. The van der Waals surface area contributed by atoms with Gasteiger partial charge in [-0.2, -0.15) is 26.3 Å². The van der Waals surface area contributed by atoms with Gasteiger partial charge in [0.1, 0.15) is 0 Å². The van der Waals surface area contributed by atoms with E-state index >= 15 is 0 Å². The molecule has 17 heavy (non-hydrogen) atoms. The van der Waals surface area contributed by atoms with Crippen LogP contribution in [0.25, 0.3) is 0 Å². The van der Waals surface area contributed by atoms with Gasteiger partial charge in [-0.05, 0) is 12.8 Å². The third kappa shape index (κ3) is 7.43. The molecule has 0 amide bonds. The standard InChI is InChI=1S/C9H14F6N2/c10-8(11,12)5-16-3-4-17(7-1-2-7)6-9(13,14)15/h7,16H,1-6H2. The molecule has 0 aromatic heterocycles. The molecule has 2 nitrogen and oxygen atoms in total. The van der Waals surface area contributed by atoms with Crippen molar-refractivity contribution in [1.29, 1.82) is 0 Å². The van der Waals surface area contributed by atoms with Gasteiger partial charge in [-0.25, -0.2) is 0 Å². The number of alkyl halides is 6. The molecule has 1 N–H and O–H groups in total. The lowest BCUT2D eigenvalue weighted by molar-refractivity contribution is -0.147. The van der Waals surface area contributed by atoms with Crippen molar-refractivity contribution in [1.82, 2.24) is 10.2 Å². The first-order chi connectivity index (χ1) is 7.67. The van der Waals surface area contributed by atoms with Crippen LogP contribution in [0.15, 0.2) is 0 Å². The summed E-state index contributed by atoms with van der Waals surface area (Å²) in [6.07, 6.45) is -7.24. The number of nitrogens with zero attached hydrogens (tertiary/aromatic N) is 1. The van der Waals surface area contributed by atoms with E-state index in [4.69, 9.17) is 0 Å². The minimum atomic E-state index is -4.32. The normalized spacial score (nSPS) is 17.8. The minimum absolute atomic E-state index is 0.0136. The second kappa shape index (κ2) is 5.43. The van der Waals surface area contributed by atoms with Crippen LogP contribution in [0.1, 0.15) is 12.8 Å². The minimum Gasteiger partial charge on any atom is -0.307 e. The van der Waals surface area contributed by atoms with Gasteiger partial charge in [-0.15, -0.1) is 0 Å². The van der Waals surface area contributed by atoms with Gasteiger partial charge in [0.05, 0.1) is 13.1 Å². The molecule has 0 aromatic rings. The molecule has 0 aliphatic heterocycles. The summed E-state index contributed by atoms with van der Waals surface area (Å²) in [5, 5.41) is 2.09. The topological polar surface area (TPSA) is 15.3 Å². The molecule has 1 saturated carbocycles. The van der Waals surface area contributed by atoms with Gasteiger partial charge in [0.25, 0.3) is 0 Å². The second-order valence-corrected chi connectivity index (χ2v) is 4.11. The highest BCUT2D eigenvalue weighted by atomic mass is 19.4. The summed E-state index contributed by atoms with van der Waals surface area (Å²) in [5.41, 5.74) is 0. The number of nitrogens with one attached hydrogen (secondary N) is 1. The van der Waals surface area contributed by atoms with Gasteiger partial charge in [0.2, 0.25) is 0 Å². The molecule has 102 valence electrons. The van der Waals surface area contributed by atoms with Crippen molar-refractivity contribution in [2.75, 3.05) is 26.2 Å². The van der Waals surface area contributed by atoms with Crippen LogP contribution in [0.4, 0.5) is 26.3 Å². The van der Waals surface area contributed by atoms with Crippen molar-refractivity contribution in [2.45, 2.75) is 31.2 Å². The summed E-state index contributed by atoms with van der Waals surface area (Å²) in [4.78, 5) is 1.18. The van der Waals surface area contributed by atoms with E-state index in [1.165, 1.54) is 4.90 Å². The fraction of sp³-hybridized carbons (Fsp3) is 1.00. The summed E-state index contributed by atoms with van der Waals surface area (Å²) < 4.78 is 71.7. The summed E-state index contributed by atoms with van der Waals surface area (Å²) in [6, 6.07) is -0.121. The molecule has 1 rings (SSSR count). The fourth-order valence-corrected chi connectivity index (χ4v) is 1.51. The van der Waals surface area contributed by atoms with Crippen molar-refractivity contribution in [3.05, 3.63) is 0 Å². The van der Waals surface area contributed by atoms with Gasteiger partial charge in [0, 0.05) is 19.1 Å². The van der Waals surface area contributed by atoms with Gasteiger partial charge >= 0.3 is 12.4 Å². The Kier molecular flexibility index (Phi) is 4.65. The Morgan fingerprint density at radius 1 is 1.00 bits per heavy atom. The van der Waals surface area contributed by atoms with E-state index in [-0.39, 0.29) is 19.1 Å². The summed E-state index contributed by atoms with van der Waals surface area (Å²) in [7, 11) is 0. The molecular formula is C9H14F6N2. The van der Waals surface area contributed by atoms with E-state index in [2.05, 4.69) is 5.32 Å². The molecule has 0 bridgehead atoms. The molecule has 0 spiro atoms. The molecule has 0 saturated heterocycles. The zero-order valence-corrected chi connectivity index (χ0v) is 9.03. The number of hydrogen-bond donors (Lipinski definition) is 1. The molecule has 0 heterocycles. The zero-order valence-electron chi connectivity index (χ0n) is 9.03. The van der Waals surface area contributed by atoms with E-state index in [0.717, 1.165) is 0 Å². The van der Waals surface area contributed by atoms with Crippen LogP contribution < -0.4 is 5.32 Å². The Morgan fingerprint density at radius 2 is 1.59 bits per heavy atom. The lowest BCUT2D eigenvalue weighted by Crippen LogP contribution is -2.41. The van der Waals surface area contributed by atoms with Crippen LogP contribution in [0, 0.1) is 0 Å². The highest BCUT2D eigenvalue weighted by molar-refractivity contribution is 4.86. The maximum absolute atomic E-state index is 12.2. The Bertz CT molecular complexity index is 233. The average Bonchev–Trinajstić information content (AvgIpc) is 2.89. The van der Waals surface area contributed by atoms with Gasteiger partial charge in [-0.3, -0.25) is 4.90 Å². The third-order valence-corrected chi connectivity index (χ3v) is 2.35. The van der Waals surface area contributed by atoms with Crippen molar-refractivity contribution < 1.29 is 26.3 Å². The predicted octanol–water partition coefficient (Wildman–Crippen LogP) is 2.17. The Labute approximate surface area is 95.0 Å². The number of hydrogen-bond acceptors (Lipinski definition) is 2. The predicted molar refractivity (Wildman–Crippen MR) is 49.6 cm³/mol. The third-order valence-electron chi connectivity index (χ3n) is 2.35. The second-order valence-electron chi connectivity index (χ2n) is 4.11. The summed E-state index contributed by atoms with van der Waals surface area (Å²) in [5.74, 6) is 0. The van der Waals surface area contributed by atoms with Crippen molar-refractivity contribution in [2.24, 2.45) is 0 Å². The maximum atomic E-state index is 12.2. The fourth-order valence-electron chi connectivity index (χ4n) is 1.51. The van der Waals surface area contributed by atoms with Crippen LogP contribution in [0.2, 0.25) is 0 Å². The quantitative estimate of drug-likeness (QED) is 0.584. The SMILES string of the molecule is FC(F)(F)CNCCN(CC(F)(F)F)C1CC1.